The van der Waals surface area contributed by atoms with E-state index in [9.17, 15) is 8.76 Å². The molecule has 3 nitrogen and oxygen atoms in total. The van der Waals surface area contributed by atoms with Crippen LogP contribution in [0.15, 0.2) is 41.8 Å². The van der Waals surface area contributed by atoms with Gasteiger partial charge in [0.1, 0.15) is 5.75 Å². The Morgan fingerprint density at radius 1 is 1.25 bits per heavy atom. The molecule has 1 N–H and O–H groups in total. The Kier molecular flexibility index (Phi) is 3.10. The quantitative estimate of drug-likeness (QED) is 0.850. The fourth-order valence-electron chi connectivity index (χ4n) is 1.25. The zero-order valence-electron chi connectivity index (χ0n) is 8.04. The van der Waals surface area contributed by atoms with Crippen molar-refractivity contribution in [1.82, 2.24) is 0 Å². The van der Waals surface area contributed by atoms with E-state index < -0.39 is 7.91 Å². The zero-order valence-corrected chi connectivity index (χ0v) is 9.75. The van der Waals surface area contributed by atoms with E-state index in [1.165, 1.54) is 12.1 Å². The minimum Gasteiger partial charge on any atom is -0.401 e. The molecule has 0 spiro atoms. The van der Waals surface area contributed by atoms with Crippen molar-refractivity contribution in [2.75, 3.05) is 0 Å². The molecule has 0 bridgehead atoms. The molecule has 0 saturated heterocycles. The molecule has 16 heavy (non-hydrogen) atoms. The molecule has 2 rings (SSSR count). The van der Waals surface area contributed by atoms with Crippen molar-refractivity contribution in [3.05, 3.63) is 41.8 Å². The molecule has 6 heteroatoms. The molecule has 1 aromatic carbocycles. The summed E-state index contributed by atoms with van der Waals surface area (Å²) in [5.74, 6) is 0.0358. The fraction of sp³-hybridized carbons (Fsp3) is 0. The highest BCUT2D eigenvalue weighted by Gasteiger charge is 2.18. The lowest BCUT2D eigenvalue weighted by atomic mass is 10.2. The third-order valence-corrected chi connectivity index (χ3v) is 3.23. The fourth-order valence-corrected chi connectivity index (χ4v) is 2.37. The molecule has 1 aromatic heterocycles. The van der Waals surface area contributed by atoms with Crippen LogP contribution in [0, 0.1) is 0 Å². The van der Waals surface area contributed by atoms with Crippen molar-refractivity contribution < 1.29 is 18.2 Å². The number of benzene rings is 1. The van der Waals surface area contributed by atoms with Gasteiger partial charge in [-0.1, -0.05) is 6.07 Å². The van der Waals surface area contributed by atoms with Gasteiger partial charge in [0.15, 0.2) is 0 Å². The molecule has 0 aliphatic heterocycles. The average Bonchev–Trinajstić information content (AvgIpc) is 2.69. The first-order valence-corrected chi connectivity index (χ1v) is 6.75. The van der Waals surface area contributed by atoms with Crippen LogP contribution in [0.3, 0.4) is 0 Å². The van der Waals surface area contributed by atoms with E-state index in [1.54, 1.807) is 23.5 Å². The molecular formula is C10H8FO3PS. The summed E-state index contributed by atoms with van der Waals surface area (Å²) in [5, 5.41) is 1.95. The lowest BCUT2D eigenvalue weighted by molar-refractivity contribution is 0.330. The van der Waals surface area contributed by atoms with E-state index in [0.717, 1.165) is 10.4 Å². The van der Waals surface area contributed by atoms with Crippen molar-refractivity contribution in [1.29, 1.82) is 0 Å². The smallest absolute Gasteiger partial charge is 0.401 e. The van der Waals surface area contributed by atoms with Crippen molar-refractivity contribution in [3.63, 3.8) is 0 Å². The summed E-state index contributed by atoms with van der Waals surface area (Å²) in [5.41, 5.74) is 0.953. The molecule has 1 atom stereocenters. The minimum absolute atomic E-state index is 0.0358. The Labute approximate surface area is 95.8 Å². The van der Waals surface area contributed by atoms with Gasteiger partial charge in [-0.05, 0) is 41.3 Å². The van der Waals surface area contributed by atoms with Gasteiger partial charge in [-0.15, -0.1) is 15.5 Å². The molecule has 1 unspecified atom stereocenters. The van der Waals surface area contributed by atoms with Crippen LogP contribution in [-0.4, -0.2) is 4.89 Å². The minimum atomic E-state index is -4.96. The van der Waals surface area contributed by atoms with Gasteiger partial charge in [-0.3, -0.25) is 4.89 Å². The summed E-state index contributed by atoms with van der Waals surface area (Å²) < 4.78 is 26.9. The number of halogens is 1. The summed E-state index contributed by atoms with van der Waals surface area (Å²) in [6.45, 7) is 0. The van der Waals surface area contributed by atoms with Crippen molar-refractivity contribution in [2.45, 2.75) is 0 Å². The van der Waals surface area contributed by atoms with Crippen molar-refractivity contribution in [2.24, 2.45) is 0 Å². The van der Waals surface area contributed by atoms with E-state index in [1.807, 2.05) is 17.5 Å². The summed E-state index contributed by atoms with van der Waals surface area (Å²) in [6, 6.07) is 10.2. The van der Waals surface area contributed by atoms with Crippen LogP contribution < -0.4 is 4.52 Å². The molecule has 0 amide bonds. The summed E-state index contributed by atoms with van der Waals surface area (Å²) in [4.78, 5) is 9.46. The van der Waals surface area contributed by atoms with Gasteiger partial charge < -0.3 is 4.52 Å². The molecule has 0 radical (unpaired) electrons. The molecule has 84 valence electrons. The maximum Gasteiger partial charge on any atom is 0.567 e. The van der Waals surface area contributed by atoms with Crippen LogP contribution in [-0.2, 0) is 4.57 Å². The van der Waals surface area contributed by atoms with Crippen LogP contribution in [0.25, 0.3) is 10.4 Å². The highest BCUT2D eigenvalue weighted by atomic mass is 32.1. The van der Waals surface area contributed by atoms with Gasteiger partial charge >= 0.3 is 7.91 Å². The van der Waals surface area contributed by atoms with E-state index in [4.69, 9.17) is 4.89 Å². The molecule has 0 saturated carbocycles. The predicted molar refractivity (Wildman–Crippen MR) is 61.3 cm³/mol. The Balaban J connectivity index is 2.20. The monoisotopic (exact) mass is 258 g/mol. The number of thiophene rings is 1. The Morgan fingerprint density at radius 2 is 1.94 bits per heavy atom. The Bertz CT molecular complexity index is 503. The average molecular weight is 258 g/mol. The van der Waals surface area contributed by atoms with Crippen LogP contribution in [0.1, 0.15) is 0 Å². The van der Waals surface area contributed by atoms with Crippen LogP contribution in [0.5, 0.6) is 5.75 Å². The van der Waals surface area contributed by atoms with Gasteiger partial charge in [0.25, 0.3) is 0 Å². The second-order valence-electron chi connectivity index (χ2n) is 3.04. The molecule has 0 aliphatic rings. The summed E-state index contributed by atoms with van der Waals surface area (Å²) >= 11 is 1.58. The third-order valence-electron chi connectivity index (χ3n) is 1.88. The normalized spacial score (nSPS) is 14.4. The topological polar surface area (TPSA) is 46.5 Å². The van der Waals surface area contributed by atoms with Crippen molar-refractivity contribution >= 4 is 19.2 Å². The first-order chi connectivity index (χ1) is 7.54. The zero-order chi connectivity index (χ0) is 11.6. The van der Waals surface area contributed by atoms with Crippen molar-refractivity contribution in [3.8, 4) is 16.2 Å². The lowest BCUT2D eigenvalue weighted by Crippen LogP contribution is -1.85. The number of rotatable bonds is 3. The molecule has 2 aromatic rings. The standard InChI is InChI=1S/C10H8FO3PS/c11-15(12,13)14-9-5-3-8(4-6-9)10-2-1-7-16-10/h1-7H,(H,12,13). The van der Waals surface area contributed by atoms with Gasteiger partial charge in [-0.2, -0.15) is 0 Å². The number of hydrogen-bond donors (Lipinski definition) is 1. The van der Waals surface area contributed by atoms with Crippen LogP contribution in [0.2, 0.25) is 0 Å². The van der Waals surface area contributed by atoms with E-state index in [0.29, 0.717) is 0 Å². The maximum absolute atomic E-state index is 12.3. The predicted octanol–water partition coefficient (Wildman–Crippen LogP) is 3.86. The number of hydrogen-bond acceptors (Lipinski definition) is 3. The molecule has 1 heterocycles. The lowest BCUT2D eigenvalue weighted by Gasteiger charge is -2.05. The van der Waals surface area contributed by atoms with E-state index in [2.05, 4.69) is 4.52 Å². The highest BCUT2D eigenvalue weighted by molar-refractivity contribution is 7.47. The third kappa shape index (κ3) is 2.92. The first-order valence-electron chi connectivity index (χ1n) is 4.40. The van der Waals surface area contributed by atoms with E-state index in [-0.39, 0.29) is 5.75 Å². The first kappa shape index (κ1) is 11.3. The SMILES string of the molecule is O=P(O)(F)Oc1ccc(-c2cccs2)cc1. The Morgan fingerprint density at radius 3 is 2.44 bits per heavy atom. The highest BCUT2D eigenvalue weighted by Crippen LogP contribution is 2.44. The second kappa shape index (κ2) is 4.37. The van der Waals surface area contributed by atoms with Gasteiger partial charge in [-0.25, -0.2) is 4.57 Å². The Hall–Kier alpha value is -1.16. The molecular weight excluding hydrogens is 250 g/mol. The van der Waals surface area contributed by atoms with Crippen LogP contribution in [0.4, 0.5) is 4.20 Å². The summed E-state index contributed by atoms with van der Waals surface area (Å²) in [7, 11) is -4.96. The van der Waals surface area contributed by atoms with Crippen LogP contribution >= 0.6 is 19.2 Å². The maximum atomic E-state index is 12.3. The largest absolute Gasteiger partial charge is 0.567 e. The summed E-state index contributed by atoms with van der Waals surface area (Å²) in [6.07, 6.45) is 0. The van der Waals surface area contributed by atoms with Gasteiger partial charge in [0.2, 0.25) is 0 Å². The van der Waals surface area contributed by atoms with Gasteiger partial charge in [0.05, 0.1) is 0 Å². The van der Waals surface area contributed by atoms with Gasteiger partial charge in [0, 0.05) is 4.88 Å². The second-order valence-corrected chi connectivity index (χ2v) is 5.08. The molecule has 0 aliphatic carbocycles. The van der Waals surface area contributed by atoms with E-state index >= 15 is 0 Å². The molecule has 0 fully saturated rings.